The summed E-state index contributed by atoms with van der Waals surface area (Å²) in [7, 11) is 0. The van der Waals surface area contributed by atoms with Crippen LogP contribution >= 0.6 is 0 Å². The topological polar surface area (TPSA) is 61.6 Å². The lowest BCUT2D eigenvalue weighted by Crippen LogP contribution is -2.54. The average molecular weight is 402 g/mol. The Morgan fingerprint density at radius 3 is 2.66 bits per heavy atom. The van der Waals surface area contributed by atoms with Gasteiger partial charge < -0.3 is 19.7 Å². The standard InChI is InChI=1S/C21H32FN7/c1-4-17(3)25-21(23-10-11-29-16-24-26-20(29)5-2)28-14-12-27(13-15-28)19-9-7-6-8-18(19)22/h6-9,16-17H,4-5,10-15H2,1-3H3,(H,23,25). The molecule has 1 aromatic heterocycles. The number of aliphatic imine (C=N–C) groups is 1. The molecular formula is C21H32FN7. The number of anilines is 1. The van der Waals surface area contributed by atoms with Crippen LogP contribution in [0.25, 0.3) is 0 Å². The number of para-hydroxylation sites is 1. The first-order valence-electron chi connectivity index (χ1n) is 10.5. The third kappa shape index (κ3) is 5.46. The van der Waals surface area contributed by atoms with Gasteiger partial charge in [-0.3, -0.25) is 4.99 Å². The van der Waals surface area contributed by atoms with Crippen LogP contribution in [0.2, 0.25) is 0 Å². The van der Waals surface area contributed by atoms with E-state index < -0.39 is 0 Å². The number of aromatic nitrogens is 3. The van der Waals surface area contributed by atoms with Gasteiger partial charge >= 0.3 is 0 Å². The number of halogens is 1. The smallest absolute Gasteiger partial charge is 0.194 e. The number of nitrogens with one attached hydrogen (secondary N) is 1. The molecule has 29 heavy (non-hydrogen) atoms. The van der Waals surface area contributed by atoms with Crippen LogP contribution in [-0.4, -0.2) is 64.4 Å². The van der Waals surface area contributed by atoms with Crippen LogP contribution in [-0.2, 0) is 13.0 Å². The number of rotatable bonds is 7. The molecular weight excluding hydrogens is 369 g/mol. The van der Waals surface area contributed by atoms with E-state index in [9.17, 15) is 4.39 Å². The number of benzene rings is 1. The van der Waals surface area contributed by atoms with Crippen molar-refractivity contribution in [3.63, 3.8) is 0 Å². The van der Waals surface area contributed by atoms with Gasteiger partial charge in [0, 0.05) is 45.2 Å². The third-order valence-corrected chi connectivity index (χ3v) is 5.37. The number of piperazine rings is 1. The van der Waals surface area contributed by atoms with E-state index in [0.29, 0.717) is 18.3 Å². The molecule has 1 aliphatic rings. The highest BCUT2D eigenvalue weighted by molar-refractivity contribution is 5.80. The number of guanidine groups is 1. The molecule has 0 bridgehead atoms. The Kier molecular flexibility index (Phi) is 7.43. The van der Waals surface area contributed by atoms with Gasteiger partial charge in [0.05, 0.1) is 12.2 Å². The Bertz CT molecular complexity index is 796. The Morgan fingerprint density at radius 1 is 1.21 bits per heavy atom. The second-order valence-corrected chi connectivity index (χ2v) is 7.38. The molecule has 158 valence electrons. The minimum atomic E-state index is -0.159. The van der Waals surface area contributed by atoms with Crippen LogP contribution in [0.1, 0.15) is 33.0 Å². The second kappa shape index (κ2) is 10.2. The van der Waals surface area contributed by atoms with Crippen LogP contribution in [0.4, 0.5) is 10.1 Å². The van der Waals surface area contributed by atoms with Gasteiger partial charge in [0.15, 0.2) is 5.96 Å². The third-order valence-electron chi connectivity index (χ3n) is 5.37. The lowest BCUT2D eigenvalue weighted by atomic mass is 10.2. The maximum absolute atomic E-state index is 14.1. The van der Waals surface area contributed by atoms with E-state index >= 15 is 0 Å². The number of aryl methyl sites for hydroxylation is 1. The number of nitrogens with zero attached hydrogens (tertiary/aromatic N) is 6. The lowest BCUT2D eigenvalue weighted by Gasteiger charge is -2.38. The van der Waals surface area contributed by atoms with Crippen LogP contribution in [0.3, 0.4) is 0 Å². The van der Waals surface area contributed by atoms with Crippen LogP contribution in [0, 0.1) is 5.82 Å². The first-order chi connectivity index (χ1) is 14.1. The normalized spacial score (nSPS) is 16.2. The van der Waals surface area contributed by atoms with E-state index in [-0.39, 0.29) is 5.82 Å². The molecule has 1 fully saturated rings. The molecule has 1 saturated heterocycles. The maximum Gasteiger partial charge on any atom is 0.194 e. The Morgan fingerprint density at radius 2 is 1.97 bits per heavy atom. The zero-order chi connectivity index (χ0) is 20.6. The van der Waals surface area contributed by atoms with Gasteiger partial charge in [0.25, 0.3) is 0 Å². The van der Waals surface area contributed by atoms with Crippen molar-refractivity contribution in [3.05, 3.63) is 42.2 Å². The molecule has 2 aromatic rings. The summed E-state index contributed by atoms with van der Waals surface area (Å²) in [6.07, 6.45) is 3.66. The molecule has 0 saturated carbocycles. The SMILES string of the molecule is CCc1nncn1CCN=C(NC(C)CC)N1CCN(c2ccccc2F)CC1. The monoisotopic (exact) mass is 401 g/mol. The molecule has 0 spiro atoms. The molecule has 1 atom stereocenters. The van der Waals surface area contributed by atoms with Gasteiger partial charge in [-0.25, -0.2) is 4.39 Å². The summed E-state index contributed by atoms with van der Waals surface area (Å²) in [5.41, 5.74) is 0.681. The van der Waals surface area contributed by atoms with Gasteiger partial charge in [0.1, 0.15) is 18.0 Å². The van der Waals surface area contributed by atoms with Gasteiger partial charge in [0.2, 0.25) is 0 Å². The molecule has 8 heteroatoms. The highest BCUT2D eigenvalue weighted by Gasteiger charge is 2.22. The molecule has 1 aliphatic heterocycles. The van der Waals surface area contributed by atoms with E-state index in [4.69, 9.17) is 4.99 Å². The molecule has 0 radical (unpaired) electrons. The summed E-state index contributed by atoms with van der Waals surface area (Å²) >= 11 is 0. The summed E-state index contributed by atoms with van der Waals surface area (Å²) < 4.78 is 16.2. The van der Waals surface area contributed by atoms with E-state index in [0.717, 1.165) is 57.3 Å². The van der Waals surface area contributed by atoms with E-state index in [1.54, 1.807) is 12.4 Å². The van der Waals surface area contributed by atoms with Crippen molar-refractivity contribution in [2.45, 2.75) is 46.2 Å². The predicted molar refractivity (Wildman–Crippen MR) is 115 cm³/mol. The zero-order valence-corrected chi connectivity index (χ0v) is 17.7. The average Bonchev–Trinajstić information content (AvgIpc) is 3.21. The highest BCUT2D eigenvalue weighted by Crippen LogP contribution is 2.20. The fourth-order valence-electron chi connectivity index (χ4n) is 3.43. The fraction of sp³-hybridized carbons (Fsp3) is 0.571. The molecule has 1 unspecified atom stereocenters. The fourth-order valence-corrected chi connectivity index (χ4v) is 3.43. The van der Waals surface area contributed by atoms with Crippen molar-refractivity contribution in [2.24, 2.45) is 4.99 Å². The van der Waals surface area contributed by atoms with Crippen LogP contribution < -0.4 is 10.2 Å². The summed E-state index contributed by atoms with van der Waals surface area (Å²) in [4.78, 5) is 9.25. The van der Waals surface area contributed by atoms with Crippen LogP contribution in [0.15, 0.2) is 35.6 Å². The van der Waals surface area contributed by atoms with E-state index in [2.05, 4.69) is 50.7 Å². The summed E-state index contributed by atoms with van der Waals surface area (Å²) in [5.74, 6) is 1.75. The van der Waals surface area contributed by atoms with Gasteiger partial charge in [-0.05, 0) is 25.5 Å². The summed E-state index contributed by atoms with van der Waals surface area (Å²) in [6.45, 7) is 11.0. The zero-order valence-electron chi connectivity index (χ0n) is 17.7. The van der Waals surface area contributed by atoms with Gasteiger partial charge in [-0.15, -0.1) is 10.2 Å². The van der Waals surface area contributed by atoms with Crippen molar-refractivity contribution >= 4 is 11.6 Å². The first-order valence-corrected chi connectivity index (χ1v) is 10.5. The molecule has 0 aliphatic carbocycles. The first kappa shape index (κ1) is 21.1. The van der Waals surface area contributed by atoms with Crippen LogP contribution in [0.5, 0.6) is 0 Å². The molecule has 3 rings (SSSR count). The summed E-state index contributed by atoms with van der Waals surface area (Å²) in [5, 5.41) is 11.7. The van der Waals surface area contributed by atoms with E-state index in [1.165, 1.54) is 6.07 Å². The molecule has 7 nitrogen and oxygen atoms in total. The maximum atomic E-state index is 14.1. The van der Waals surface area contributed by atoms with Crippen molar-refractivity contribution in [1.82, 2.24) is 25.0 Å². The molecule has 2 heterocycles. The molecule has 1 N–H and O–H groups in total. The predicted octanol–water partition coefficient (Wildman–Crippen LogP) is 2.55. The van der Waals surface area contributed by atoms with Crippen molar-refractivity contribution < 1.29 is 4.39 Å². The highest BCUT2D eigenvalue weighted by atomic mass is 19.1. The summed E-state index contributed by atoms with van der Waals surface area (Å²) in [6, 6.07) is 7.34. The number of hydrogen-bond acceptors (Lipinski definition) is 4. The minimum absolute atomic E-state index is 0.159. The lowest BCUT2D eigenvalue weighted by molar-refractivity contribution is 0.364. The number of hydrogen-bond donors (Lipinski definition) is 1. The second-order valence-electron chi connectivity index (χ2n) is 7.38. The van der Waals surface area contributed by atoms with Crippen molar-refractivity contribution in [3.8, 4) is 0 Å². The minimum Gasteiger partial charge on any atom is -0.366 e. The van der Waals surface area contributed by atoms with Crippen molar-refractivity contribution in [2.75, 3.05) is 37.6 Å². The van der Waals surface area contributed by atoms with Crippen molar-refractivity contribution in [1.29, 1.82) is 0 Å². The Labute approximate surface area is 172 Å². The molecule has 0 amide bonds. The van der Waals surface area contributed by atoms with E-state index in [1.807, 2.05) is 12.1 Å². The Hall–Kier alpha value is -2.64. The quantitative estimate of drug-likeness (QED) is 0.571. The van der Waals surface area contributed by atoms with Gasteiger partial charge in [-0.1, -0.05) is 26.0 Å². The van der Waals surface area contributed by atoms with Gasteiger partial charge in [-0.2, -0.15) is 0 Å². The largest absolute Gasteiger partial charge is 0.366 e. The Balaban J connectivity index is 1.63. The molecule has 1 aromatic carbocycles.